The second kappa shape index (κ2) is 6.12. The molecule has 0 aliphatic rings. The fourth-order valence-electron chi connectivity index (χ4n) is 1.18. The Kier molecular flexibility index (Phi) is 4.45. The highest BCUT2D eigenvalue weighted by Crippen LogP contribution is 2.15. The van der Waals surface area contributed by atoms with E-state index in [0.717, 1.165) is 5.56 Å². The summed E-state index contributed by atoms with van der Waals surface area (Å²) in [5.74, 6) is 0. The Morgan fingerprint density at radius 1 is 1.56 bits per heavy atom. The molecule has 0 aliphatic carbocycles. The zero-order valence-electron chi connectivity index (χ0n) is 8.67. The average Bonchev–Trinajstić information content (AvgIpc) is 2.31. The summed E-state index contributed by atoms with van der Waals surface area (Å²) in [4.78, 5) is 2.65. The predicted molar refractivity (Wildman–Crippen MR) is 63.2 cm³/mol. The fourth-order valence-corrected chi connectivity index (χ4v) is 1.18. The van der Waals surface area contributed by atoms with Gasteiger partial charge in [0.15, 0.2) is 0 Å². The van der Waals surface area contributed by atoms with Crippen molar-refractivity contribution in [2.24, 2.45) is 5.11 Å². The summed E-state index contributed by atoms with van der Waals surface area (Å²) >= 11 is 0. The molecule has 0 aliphatic heterocycles. The monoisotopic (exact) mass is 213 g/mol. The zero-order chi connectivity index (χ0) is 11.8. The number of azide groups is 1. The third-order valence-corrected chi connectivity index (χ3v) is 1.97. The van der Waals surface area contributed by atoms with Crippen molar-refractivity contribution in [1.29, 1.82) is 5.26 Å². The van der Waals surface area contributed by atoms with Crippen LogP contribution in [-0.2, 0) is 0 Å². The second-order valence-electron chi connectivity index (χ2n) is 3.10. The molecule has 0 aromatic heterocycles. The van der Waals surface area contributed by atoms with Crippen LogP contribution in [0.5, 0.6) is 0 Å². The van der Waals surface area contributed by atoms with E-state index in [9.17, 15) is 0 Å². The molecule has 0 heterocycles. The van der Waals surface area contributed by atoms with Gasteiger partial charge >= 0.3 is 0 Å². The molecule has 2 N–H and O–H groups in total. The van der Waals surface area contributed by atoms with E-state index in [2.05, 4.69) is 10.0 Å². The van der Waals surface area contributed by atoms with E-state index in [-0.39, 0.29) is 0 Å². The van der Waals surface area contributed by atoms with E-state index in [1.165, 1.54) is 0 Å². The molecular weight excluding hydrogens is 202 g/mol. The van der Waals surface area contributed by atoms with Crippen molar-refractivity contribution >= 4 is 11.8 Å². The predicted octanol–water partition coefficient (Wildman–Crippen LogP) is 2.85. The van der Waals surface area contributed by atoms with Gasteiger partial charge in [0.05, 0.1) is 11.6 Å². The lowest BCUT2D eigenvalue weighted by Crippen LogP contribution is -1.89. The summed E-state index contributed by atoms with van der Waals surface area (Å²) in [6, 6.07) is 7.14. The Balaban J connectivity index is 2.72. The maximum atomic E-state index is 8.72. The number of nitrogens with zero attached hydrogens (tertiary/aromatic N) is 4. The van der Waals surface area contributed by atoms with Crippen molar-refractivity contribution < 1.29 is 0 Å². The minimum Gasteiger partial charge on any atom is -0.398 e. The first-order valence-electron chi connectivity index (χ1n) is 4.75. The number of hydrogen-bond donors (Lipinski definition) is 1. The van der Waals surface area contributed by atoms with Gasteiger partial charge in [-0.3, -0.25) is 0 Å². The molecule has 80 valence electrons. The number of nitriles is 1. The van der Waals surface area contributed by atoms with Crippen molar-refractivity contribution in [3.63, 3.8) is 0 Å². The van der Waals surface area contributed by atoms with Crippen LogP contribution in [0.15, 0.2) is 29.4 Å². The molecule has 16 heavy (non-hydrogen) atoms. The minimum atomic E-state index is 0.421. The third-order valence-electron chi connectivity index (χ3n) is 1.97. The van der Waals surface area contributed by atoms with Gasteiger partial charge in [-0.15, -0.1) is 0 Å². The molecule has 0 fully saturated rings. The van der Waals surface area contributed by atoms with Crippen LogP contribution in [0.4, 0.5) is 5.69 Å². The molecule has 1 aromatic carbocycles. The number of rotatable bonds is 4. The fraction of sp³-hybridized carbons (Fsp3) is 0.182. The number of hydrogen-bond acceptors (Lipinski definition) is 3. The van der Waals surface area contributed by atoms with Gasteiger partial charge in [0.2, 0.25) is 0 Å². The number of benzene rings is 1. The molecule has 0 saturated carbocycles. The van der Waals surface area contributed by atoms with E-state index < -0.39 is 0 Å². The standard InChI is InChI=1S/C11H11N5/c12-8-9-4-5-11(13)10(7-9)3-1-2-6-15-16-14/h1,3-5,7H,2,6,13H2. The topological polar surface area (TPSA) is 98.6 Å². The molecule has 1 rings (SSSR count). The SMILES string of the molecule is N#Cc1ccc(N)c(C=CCCN=[N+]=[N-])c1. The molecular formula is C11H11N5. The normalized spacial score (nSPS) is 9.69. The zero-order valence-corrected chi connectivity index (χ0v) is 8.67. The van der Waals surface area contributed by atoms with Crippen molar-refractivity contribution in [2.75, 3.05) is 12.3 Å². The number of anilines is 1. The Morgan fingerprint density at radius 3 is 3.06 bits per heavy atom. The van der Waals surface area contributed by atoms with Crippen molar-refractivity contribution in [1.82, 2.24) is 0 Å². The van der Waals surface area contributed by atoms with Crippen LogP contribution in [-0.4, -0.2) is 6.54 Å². The molecule has 5 heteroatoms. The molecule has 0 radical (unpaired) electrons. The van der Waals surface area contributed by atoms with Crippen LogP contribution >= 0.6 is 0 Å². The van der Waals surface area contributed by atoms with Gasteiger partial charge in [-0.25, -0.2) is 0 Å². The van der Waals surface area contributed by atoms with Gasteiger partial charge in [-0.2, -0.15) is 5.26 Å². The molecule has 0 atom stereocenters. The summed E-state index contributed by atoms with van der Waals surface area (Å²) in [5, 5.41) is 12.1. The van der Waals surface area contributed by atoms with E-state index in [1.807, 2.05) is 18.2 Å². The first-order valence-corrected chi connectivity index (χ1v) is 4.75. The molecule has 0 amide bonds. The van der Waals surface area contributed by atoms with Gasteiger partial charge in [0.1, 0.15) is 0 Å². The molecule has 5 nitrogen and oxygen atoms in total. The van der Waals surface area contributed by atoms with Crippen LogP contribution in [0.3, 0.4) is 0 Å². The number of nitrogen functional groups attached to an aromatic ring is 1. The lowest BCUT2D eigenvalue weighted by atomic mass is 10.1. The van der Waals surface area contributed by atoms with Gasteiger partial charge in [0.25, 0.3) is 0 Å². The molecule has 1 aromatic rings. The summed E-state index contributed by atoms with van der Waals surface area (Å²) in [5.41, 5.74) is 15.8. The second-order valence-corrected chi connectivity index (χ2v) is 3.10. The van der Waals surface area contributed by atoms with E-state index in [1.54, 1.807) is 18.2 Å². The van der Waals surface area contributed by atoms with E-state index in [0.29, 0.717) is 24.2 Å². The minimum absolute atomic E-state index is 0.421. The lowest BCUT2D eigenvalue weighted by molar-refractivity contribution is 0.996. The first kappa shape index (κ1) is 11.6. The number of nitrogens with two attached hydrogens (primary N) is 1. The molecule has 0 unspecified atom stereocenters. The maximum absolute atomic E-state index is 8.72. The van der Waals surface area contributed by atoms with Gasteiger partial charge < -0.3 is 5.73 Å². The summed E-state index contributed by atoms with van der Waals surface area (Å²) in [7, 11) is 0. The third kappa shape index (κ3) is 3.37. The summed E-state index contributed by atoms with van der Waals surface area (Å²) in [6.45, 7) is 0.421. The van der Waals surface area contributed by atoms with Crippen molar-refractivity contribution in [3.8, 4) is 6.07 Å². The highest BCUT2D eigenvalue weighted by Gasteiger charge is 1.96. The highest BCUT2D eigenvalue weighted by molar-refractivity contribution is 5.66. The van der Waals surface area contributed by atoms with E-state index >= 15 is 0 Å². The largest absolute Gasteiger partial charge is 0.398 e. The van der Waals surface area contributed by atoms with Crippen LogP contribution in [0.2, 0.25) is 0 Å². The first-order chi connectivity index (χ1) is 7.77. The van der Waals surface area contributed by atoms with Gasteiger partial charge in [0, 0.05) is 17.1 Å². The van der Waals surface area contributed by atoms with Gasteiger partial charge in [-0.1, -0.05) is 17.3 Å². The molecule has 0 spiro atoms. The van der Waals surface area contributed by atoms with Crippen LogP contribution in [0, 0.1) is 11.3 Å². The lowest BCUT2D eigenvalue weighted by Gasteiger charge is -1.99. The maximum Gasteiger partial charge on any atom is 0.0991 e. The summed E-state index contributed by atoms with van der Waals surface area (Å²) in [6.07, 6.45) is 4.34. The Labute approximate surface area is 93.4 Å². The van der Waals surface area contributed by atoms with E-state index in [4.69, 9.17) is 16.5 Å². The van der Waals surface area contributed by atoms with Gasteiger partial charge in [-0.05, 0) is 35.7 Å². The van der Waals surface area contributed by atoms with Crippen molar-refractivity contribution in [2.45, 2.75) is 6.42 Å². The summed E-state index contributed by atoms with van der Waals surface area (Å²) < 4.78 is 0. The molecule has 0 saturated heterocycles. The average molecular weight is 213 g/mol. The van der Waals surface area contributed by atoms with Crippen LogP contribution in [0.1, 0.15) is 17.5 Å². The highest BCUT2D eigenvalue weighted by atomic mass is 15.1. The molecule has 0 bridgehead atoms. The van der Waals surface area contributed by atoms with Crippen LogP contribution < -0.4 is 5.73 Å². The Morgan fingerprint density at radius 2 is 2.38 bits per heavy atom. The Hall–Kier alpha value is -2.44. The smallest absolute Gasteiger partial charge is 0.0991 e. The Bertz CT molecular complexity index is 478. The van der Waals surface area contributed by atoms with Crippen molar-refractivity contribution in [3.05, 3.63) is 45.8 Å². The quantitative estimate of drug-likeness (QED) is 0.273. The van der Waals surface area contributed by atoms with Crippen LogP contribution in [0.25, 0.3) is 16.5 Å².